The van der Waals surface area contributed by atoms with Gasteiger partial charge in [0.15, 0.2) is 0 Å². The number of halogens is 1. The lowest BCUT2D eigenvalue weighted by Crippen LogP contribution is -2.47. The van der Waals surface area contributed by atoms with E-state index in [4.69, 9.17) is 0 Å². The van der Waals surface area contributed by atoms with Gasteiger partial charge in [-0.2, -0.15) is 0 Å². The third-order valence-electron chi connectivity index (χ3n) is 4.03. The zero-order valence-electron chi connectivity index (χ0n) is 12.3. The van der Waals surface area contributed by atoms with Crippen molar-refractivity contribution in [3.63, 3.8) is 0 Å². The fraction of sp³-hybridized carbons (Fsp3) is 0.353. The number of hydrogen-bond donors (Lipinski definition) is 0. The molecular formula is C17H21ClN2O. The molecule has 2 aromatic rings. The van der Waals surface area contributed by atoms with E-state index >= 15 is 0 Å². The van der Waals surface area contributed by atoms with Crippen molar-refractivity contribution in [3.05, 3.63) is 48.0 Å². The fourth-order valence-electron chi connectivity index (χ4n) is 2.69. The molecule has 1 heterocycles. The van der Waals surface area contributed by atoms with Gasteiger partial charge in [0.25, 0.3) is 0 Å². The van der Waals surface area contributed by atoms with Gasteiger partial charge >= 0.3 is 0 Å². The Morgan fingerprint density at radius 3 is 2.38 bits per heavy atom. The Hall–Kier alpha value is -1.58. The van der Waals surface area contributed by atoms with Crippen LogP contribution >= 0.6 is 12.4 Å². The smallest absolute Gasteiger partial charge is 0.227 e. The summed E-state index contributed by atoms with van der Waals surface area (Å²) in [6.45, 7) is 3.65. The van der Waals surface area contributed by atoms with Gasteiger partial charge in [0, 0.05) is 26.2 Å². The number of fused-ring (bicyclic) bond motifs is 1. The third-order valence-corrected chi connectivity index (χ3v) is 4.03. The first-order chi connectivity index (χ1) is 9.72. The highest BCUT2D eigenvalue weighted by Crippen LogP contribution is 2.16. The van der Waals surface area contributed by atoms with Gasteiger partial charge in [0.2, 0.25) is 5.91 Å². The number of rotatable bonds is 2. The van der Waals surface area contributed by atoms with E-state index in [0.717, 1.165) is 31.7 Å². The normalized spacial score (nSPS) is 15.8. The first-order valence-corrected chi connectivity index (χ1v) is 7.16. The van der Waals surface area contributed by atoms with Gasteiger partial charge in [-0.15, -0.1) is 12.4 Å². The molecule has 0 radical (unpaired) electrons. The van der Waals surface area contributed by atoms with Gasteiger partial charge in [-0.1, -0.05) is 42.5 Å². The second kappa shape index (κ2) is 6.92. The van der Waals surface area contributed by atoms with Gasteiger partial charge in [-0.25, -0.2) is 0 Å². The molecule has 21 heavy (non-hydrogen) atoms. The minimum atomic E-state index is 0. The summed E-state index contributed by atoms with van der Waals surface area (Å²) in [6.07, 6.45) is 0.508. The molecule has 1 aliphatic rings. The van der Waals surface area contributed by atoms with E-state index in [9.17, 15) is 4.79 Å². The zero-order valence-corrected chi connectivity index (χ0v) is 13.1. The average molecular weight is 305 g/mol. The molecule has 3 nitrogen and oxygen atoms in total. The maximum atomic E-state index is 12.3. The van der Waals surface area contributed by atoms with Gasteiger partial charge in [0.1, 0.15) is 0 Å². The number of benzene rings is 2. The van der Waals surface area contributed by atoms with Crippen molar-refractivity contribution in [2.24, 2.45) is 0 Å². The Morgan fingerprint density at radius 1 is 1.00 bits per heavy atom. The molecule has 112 valence electrons. The molecule has 0 saturated carbocycles. The van der Waals surface area contributed by atoms with Crippen molar-refractivity contribution in [3.8, 4) is 0 Å². The molecule has 1 amide bonds. The number of carbonyl (C=O) groups excluding carboxylic acids is 1. The SMILES string of the molecule is CN1CCN(C(=O)Cc2ccc3ccccc3c2)CC1.Cl. The van der Waals surface area contributed by atoms with Crippen LogP contribution in [0.25, 0.3) is 10.8 Å². The summed E-state index contributed by atoms with van der Waals surface area (Å²) in [7, 11) is 2.10. The minimum Gasteiger partial charge on any atom is -0.340 e. The molecule has 1 saturated heterocycles. The highest BCUT2D eigenvalue weighted by atomic mass is 35.5. The quantitative estimate of drug-likeness (QED) is 0.851. The van der Waals surface area contributed by atoms with Crippen molar-refractivity contribution in [2.45, 2.75) is 6.42 Å². The van der Waals surface area contributed by atoms with Crippen LogP contribution in [0.5, 0.6) is 0 Å². The van der Waals surface area contributed by atoms with E-state index in [1.807, 2.05) is 17.0 Å². The van der Waals surface area contributed by atoms with Crippen LogP contribution in [0.3, 0.4) is 0 Å². The maximum absolute atomic E-state index is 12.3. The molecule has 1 fully saturated rings. The number of likely N-dealkylation sites (N-methyl/N-ethyl adjacent to an activating group) is 1. The largest absolute Gasteiger partial charge is 0.340 e. The van der Waals surface area contributed by atoms with Crippen LogP contribution in [0.1, 0.15) is 5.56 Å². The number of piperazine rings is 1. The summed E-state index contributed by atoms with van der Waals surface area (Å²) in [4.78, 5) is 16.6. The van der Waals surface area contributed by atoms with Crippen LogP contribution < -0.4 is 0 Å². The predicted octanol–water partition coefficient (Wildman–Crippen LogP) is 2.58. The lowest BCUT2D eigenvalue weighted by molar-refractivity contribution is -0.132. The second-order valence-electron chi connectivity index (χ2n) is 5.54. The van der Waals surface area contributed by atoms with E-state index in [2.05, 4.69) is 42.3 Å². The monoisotopic (exact) mass is 304 g/mol. The molecule has 0 aromatic heterocycles. The Labute approximate surface area is 131 Å². The van der Waals surface area contributed by atoms with Crippen molar-refractivity contribution in [1.82, 2.24) is 9.80 Å². The lowest BCUT2D eigenvalue weighted by Gasteiger charge is -2.32. The third kappa shape index (κ3) is 3.74. The molecule has 0 N–H and O–H groups in total. The summed E-state index contributed by atoms with van der Waals surface area (Å²) in [6, 6.07) is 14.6. The Kier molecular flexibility index (Phi) is 5.21. The lowest BCUT2D eigenvalue weighted by atomic mass is 10.0. The molecule has 3 rings (SSSR count). The molecule has 0 aliphatic carbocycles. The van der Waals surface area contributed by atoms with Crippen molar-refractivity contribution in [2.75, 3.05) is 33.2 Å². The summed E-state index contributed by atoms with van der Waals surface area (Å²) < 4.78 is 0. The minimum absolute atomic E-state index is 0. The van der Waals surface area contributed by atoms with Gasteiger partial charge in [-0.05, 0) is 23.4 Å². The van der Waals surface area contributed by atoms with E-state index in [0.29, 0.717) is 6.42 Å². The summed E-state index contributed by atoms with van der Waals surface area (Å²) in [5, 5.41) is 2.43. The highest BCUT2D eigenvalue weighted by molar-refractivity contribution is 5.86. The Bertz CT molecular complexity index is 621. The number of amides is 1. The number of nitrogens with zero attached hydrogens (tertiary/aromatic N) is 2. The summed E-state index contributed by atoms with van der Waals surface area (Å²) in [5.74, 6) is 0.244. The van der Waals surface area contributed by atoms with Crippen LogP contribution in [0.4, 0.5) is 0 Å². The molecule has 1 aliphatic heterocycles. The van der Waals surface area contributed by atoms with Crippen molar-refractivity contribution in [1.29, 1.82) is 0 Å². The Morgan fingerprint density at radius 2 is 1.67 bits per heavy atom. The van der Waals surface area contributed by atoms with E-state index < -0.39 is 0 Å². The predicted molar refractivity (Wildman–Crippen MR) is 89.0 cm³/mol. The fourth-order valence-corrected chi connectivity index (χ4v) is 2.69. The van der Waals surface area contributed by atoms with E-state index in [1.165, 1.54) is 10.8 Å². The first kappa shape index (κ1) is 15.8. The molecule has 4 heteroatoms. The van der Waals surface area contributed by atoms with Crippen LogP contribution in [-0.4, -0.2) is 48.9 Å². The summed E-state index contributed by atoms with van der Waals surface area (Å²) in [5.41, 5.74) is 1.10. The molecule has 0 bridgehead atoms. The van der Waals surface area contributed by atoms with Gasteiger partial charge < -0.3 is 9.80 Å². The van der Waals surface area contributed by atoms with E-state index in [-0.39, 0.29) is 18.3 Å². The zero-order chi connectivity index (χ0) is 13.9. The maximum Gasteiger partial charge on any atom is 0.227 e. The van der Waals surface area contributed by atoms with Crippen LogP contribution in [0.2, 0.25) is 0 Å². The van der Waals surface area contributed by atoms with Crippen LogP contribution in [0, 0.1) is 0 Å². The molecule has 0 unspecified atom stereocenters. The van der Waals surface area contributed by atoms with Crippen molar-refractivity contribution < 1.29 is 4.79 Å². The number of hydrogen-bond acceptors (Lipinski definition) is 2. The Balaban J connectivity index is 0.00000161. The molecule has 0 atom stereocenters. The van der Waals surface area contributed by atoms with Gasteiger partial charge in [-0.3, -0.25) is 4.79 Å². The standard InChI is InChI=1S/C17H20N2O.ClH/c1-18-8-10-19(11-9-18)17(20)13-14-6-7-15-4-2-3-5-16(15)12-14;/h2-7,12H,8-11,13H2,1H3;1H. The van der Waals surface area contributed by atoms with Crippen molar-refractivity contribution >= 4 is 29.1 Å². The average Bonchev–Trinajstić information content (AvgIpc) is 2.48. The second-order valence-corrected chi connectivity index (χ2v) is 5.54. The molecule has 0 spiro atoms. The molecular weight excluding hydrogens is 284 g/mol. The molecule has 2 aromatic carbocycles. The highest BCUT2D eigenvalue weighted by Gasteiger charge is 2.18. The van der Waals surface area contributed by atoms with Gasteiger partial charge in [0.05, 0.1) is 6.42 Å². The first-order valence-electron chi connectivity index (χ1n) is 7.16. The summed E-state index contributed by atoms with van der Waals surface area (Å²) >= 11 is 0. The van der Waals surface area contributed by atoms with Crippen LogP contribution in [0.15, 0.2) is 42.5 Å². The topological polar surface area (TPSA) is 23.6 Å². The van der Waals surface area contributed by atoms with E-state index in [1.54, 1.807) is 0 Å². The van der Waals surface area contributed by atoms with Crippen LogP contribution in [-0.2, 0) is 11.2 Å². The number of carbonyl (C=O) groups is 1.